The second-order valence-electron chi connectivity index (χ2n) is 6.11. The molecule has 1 fully saturated rings. The minimum Gasteiger partial charge on any atom is -0.496 e. The third-order valence-corrected chi connectivity index (χ3v) is 5.94. The fraction of sp³-hybridized carbons (Fsp3) is 0.300. The summed E-state index contributed by atoms with van der Waals surface area (Å²) in [5.74, 6) is 0.994. The number of thioether (sulfide) groups is 1. The molecule has 25 heavy (non-hydrogen) atoms. The largest absolute Gasteiger partial charge is 0.496 e. The molecule has 0 spiro atoms. The highest BCUT2D eigenvalue weighted by Crippen LogP contribution is 2.31. The summed E-state index contributed by atoms with van der Waals surface area (Å²) in [5, 5.41) is -0.129. The number of nitrogens with zero attached hydrogens (tertiary/aromatic N) is 1. The molecule has 1 heterocycles. The van der Waals surface area contributed by atoms with E-state index in [1.165, 1.54) is 17.3 Å². The van der Waals surface area contributed by atoms with Gasteiger partial charge in [-0.25, -0.2) is 0 Å². The molecule has 0 aliphatic carbocycles. The van der Waals surface area contributed by atoms with Crippen LogP contribution in [0, 0.1) is 6.92 Å². The van der Waals surface area contributed by atoms with E-state index in [0.29, 0.717) is 17.3 Å². The lowest BCUT2D eigenvalue weighted by molar-refractivity contribution is -0.126. The van der Waals surface area contributed by atoms with Crippen LogP contribution in [0.3, 0.4) is 0 Å². The predicted molar refractivity (Wildman–Crippen MR) is 107 cm³/mol. The van der Waals surface area contributed by atoms with Crippen LogP contribution < -0.4 is 4.74 Å². The fourth-order valence-electron chi connectivity index (χ4n) is 3.00. The van der Waals surface area contributed by atoms with Crippen LogP contribution in [0.5, 0.6) is 5.75 Å². The predicted octanol–water partition coefficient (Wildman–Crippen LogP) is 4.02. The Morgan fingerprint density at radius 2 is 1.92 bits per heavy atom. The second-order valence-corrected chi connectivity index (χ2v) is 7.94. The van der Waals surface area contributed by atoms with Crippen LogP contribution in [0.15, 0.2) is 48.5 Å². The van der Waals surface area contributed by atoms with Gasteiger partial charge in [0.2, 0.25) is 5.91 Å². The van der Waals surface area contributed by atoms with Crippen molar-refractivity contribution in [2.45, 2.75) is 25.0 Å². The number of thiocarbonyl (C=S) groups is 1. The number of aryl methyl sites for hydroxylation is 1. The van der Waals surface area contributed by atoms with E-state index in [4.69, 9.17) is 17.0 Å². The van der Waals surface area contributed by atoms with Crippen molar-refractivity contribution in [2.24, 2.45) is 0 Å². The van der Waals surface area contributed by atoms with Crippen LogP contribution in [-0.4, -0.2) is 34.0 Å². The summed E-state index contributed by atoms with van der Waals surface area (Å²) in [5.41, 5.74) is 3.44. The first-order valence-electron chi connectivity index (χ1n) is 8.28. The first-order valence-corrected chi connectivity index (χ1v) is 9.56. The maximum Gasteiger partial charge on any atom is 0.241 e. The van der Waals surface area contributed by atoms with Crippen LogP contribution in [0.1, 0.15) is 16.7 Å². The van der Waals surface area contributed by atoms with E-state index in [2.05, 4.69) is 18.2 Å². The normalized spacial score (nSPS) is 17.2. The zero-order valence-electron chi connectivity index (χ0n) is 14.4. The van der Waals surface area contributed by atoms with E-state index in [0.717, 1.165) is 23.3 Å². The molecule has 1 saturated heterocycles. The summed E-state index contributed by atoms with van der Waals surface area (Å²) < 4.78 is 5.99. The third-order valence-electron chi connectivity index (χ3n) is 4.35. The lowest BCUT2D eigenvalue weighted by Crippen LogP contribution is -2.33. The minimum absolute atomic E-state index is 0.124. The van der Waals surface area contributed by atoms with Gasteiger partial charge in [-0.05, 0) is 42.5 Å². The van der Waals surface area contributed by atoms with E-state index in [1.54, 1.807) is 12.0 Å². The second kappa shape index (κ2) is 8.02. The van der Waals surface area contributed by atoms with Gasteiger partial charge in [0.15, 0.2) is 0 Å². The number of hydrogen-bond donors (Lipinski definition) is 0. The number of carbonyl (C=O) groups is 1. The quantitative estimate of drug-likeness (QED) is 0.718. The van der Waals surface area contributed by atoms with E-state index >= 15 is 0 Å². The van der Waals surface area contributed by atoms with Crippen LogP contribution in [0.4, 0.5) is 0 Å². The molecule has 5 heteroatoms. The highest BCUT2D eigenvalue weighted by atomic mass is 32.2. The lowest BCUT2D eigenvalue weighted by Gasteiger charge is -2.15. The third kappa shape index (κ3) is 4.22. The van der Waals surface area contributed by atoms with Crippen molar-refractivity contribution in [2.75, 3.05) is 13.7 Å². The van der Waals surface area contributed by atoms with Crippen LogP contribution >= 0.6 is 24.0 Å². The zero-order chi connectivity index (χ0) is 17.8. The lowest BCUT2D eigenvalue weighted by atomic mass is 10.1. The molecule has 1 amide bonds. The van der Waals surface area contributed by atoms with E-state index < -0.39 is 0 Å². The maximum absolute atomic E-state index is 12.7. The molecule has 0 radical (unpaired) electrons. The first-order chi connectivity index (χ1) is 12.1. The number of rotatable bonds is 6. The molecule has 3 nitrogen and oxygen atoms in total. The Kier molecular flexibility index (Phi) is 5.76. The van der Waals surface area contributed by atoms with E-state index in [-0.39, 0.29) is 11.2 Å². The molecular weight excluding hydrogens is 350 g/mol. The summed E-state index contributed by atoms with van der Waals surface area (Å²) in [7, 11) is 1.67. The van der Waals surface area contributed by atoms with Gasteiger partial charge in [-0.3, -0.25) is 9.69 Å². The fourth-order valence-corrected chi connectivity index (χ4v) is 4.58. The molecule has 2 aromatic rings. The highest BCUT2D eigenvalue weighted by molar-refractivity contribution is 8.24. The molecule has 3 rings (SSSR count). The van der Waals surface area contributed by atoms with Crippen molar-refractivity contribution in [3.8, 4) is 5.75 Å². The smallest absolute Gasteiger partial charge is 0.241 e. The Balaban J connectivity index is 1.63. The van der Waals surface area contributed by atoms with Gasteiger partial charge in [-0.2, -0.15) is 0 Å². The molecule has 1 atom stereocenters. The summed E-state index contributed by atoms with van der Waals surface area (Å²) in [6, 6.07) is 16.3. The van der Waals surface area contributed by atoms with Gasteiger partial charge in [-0.15, -0.1) is 0 Å². The van der Waals surface area contributed by atoms with Gasteiger partial charge in [0.05, 0.1) is 12.4 Å². The van der Waals surface area contributed by atoms with Crippen LogP contribution in [0.25, 0.3) is 0 Å². The molecular formula is C20H21NO2S2. The van der Waals surface area contributed by atoms with Gasteiger partial charge in [0.1, 0.15) is 10.1 Å². The molecule has 0 saturated carbocycles. The SMILES string of the molecule is COc1ccc(C[C@@H]2SC(=S)N(CCc3ccccc3)C2=O)cc1C. The zero-order valence-corrected chi connectivity index (χ0v) is 16.0. The topological polar surface area (TPSA) is 29.5 Å². The number of hydrogen-bond acceptors (Lipinski definition) is 4. The monoisotopic (exact) mass is 371 g/mol. The number of benzene rings is 2. The van der Waals surface area contributed by atoms with Gasteiger partial charge in [0.25, 0.3) is 0 Å². The van der Waals surface area contributed by atoms with E-state index in [9.17, 15) is 4.79 Å². The van der Waals surface area contributed by atoms with Crippen molar-refractivity contribution < 1.29 is 9.53 Å². The Bertz CT molecular complexity index is 777. The maximum atomic E-state index is 12.7. The van der Waals surface area contributed by atoms with Gasteiger partial charge >= 0.3 is 0 Å². The highest BCUT2D eigenvalue weighted by Gasteiger charge is 2.36. The van der Waals surface area contributed by atoms with Crippen molar-refractivity contribution >= 4 is 34.2 Å². The van der Waals surface area contributed by atoms with Gasteiger partial charge in [-0.1, -0.05) is 66.4 Å². The first kappa shape index (κ1) is 18.0. The Morgan fingerprint density at radius 3 is 2.60 bits per heavy atom. The Hall–Kier alpha value is -1.85. The summed E-state index contributed by atoms with van der Waals surface area (Å²) in [6.45, 7) is 2.66. The molecule has 130 valence electrons. The van der Waals surface area contributed by atoms with Crippen molar-refractivity contribution in [3.63, 3.8) is 0 Å². The Morgan fingerprint density at radius 1 is 1.16 bits per heavy atom. The van der Waals surface area contributed by atoms with Gasteiger partial charge < -0.3 is 4.74 Å². The van der Waals surface area contributed by atoms with Gasteiger partial charge in [0, 0.05) is 6.54 Å². The molecule has 1 aliphatic rings. The molecule has 2 aromatic carbocycles. The summed E-state index contributed by atoms with van der Waals surface area (Å²) in [6.07, 6.45) is 1.51. The number of amides is 1. The summed E-state index contributed by atoms with van der Waals surface area (Å²) >= 11 is 6.94. The number of carbonyl (C=O) groups excluding carboxylic acids is 1. The molecule has 0 aromatic heterocycles. The molecule has 1 aliphatic heterocycles. The van der Waals surface area contributed by atoms with E-state index in [1.807, 2.05) is 37.3 Å². The molecule has 0 N–H and O–H groups in total. The Labute approximate surface area is 158 Å². The number of ether oxygens (including phenoxy) is 1. The van der Waals surface area contributed by atoms with Crippen molar-refractivity contribution in [1.82, 2.24) is 4.90 Å². The summed E-state index contributed by atoms with van der Waals surface area (Å²) in [4.78, 5) is 14.5. The minimum atomic E-state index is -0.129. The van der Waals surface area contributed by atoms with Crippen molar-refractivity contribution in [3.05, 3.63) is 65.2 Å². The average Bonchev–Trinajstić information content (AvgIpc) is 2.87. The van der Waals surface area contributed by atoms with Crippen molar-refractivity contribution in [1.29, 1.82) is 0 Å². The molecule has 0 unspecified atom stereocenters. The van der Waals surface area contributed by atoms with Crippen LogP contribution in [-0.2, 0) is 17.6 Å². The molecule has 0 bridgehead atoms. The standard InChI is InChI=1S/C20H21NO2S2/c1-14-12-16(8-9-17(14)23-2)13-18-19(22)21(20(24)25-18)11-10-15-6-4-3-5-7-15/h3-9,12,18H,10-11,13H2,1-2H3/t18-/m0/s1. The van der Waals surface area contributed by atoms with Crippen LogP contribution in [0.2, 0.25) is 0 Å². The average molecular weight is 372 g/mol. The number of methoxy groups -OCH3 is 1.